The van der Waals surface area contributed by atoms with Crippen LogP contribution in [0.1, 0.15) is 29.8 Å². The van der Waals surface area contributed by atoms with Crippen LogP contribution < -0.4 is 5.32 Å². The van der Waals surface area contributed by atoms with Gasteiger partial charge in [-0.1, -0.05) is 15.9 Å². The highest BCUT2D eigenvalue weighted by molar-refractivity contribution is 9.10. The second-order valence-corrected chi connectivity index (χ2v) is 4.74. The monoisotopic (exact) mass is 283 g/mol. The van der Waals surface area contributed by atoms with Gasteiger partial charge in [0.15, 0.2) is 5.78 Å². The number of hydrogen-bond acceptors (Lipinski definition) is 2. The summed E-state index contributed by atoms with van der Waals surface area (Å²) in [6.45, 7) is 5.04. The largest absolute Gasteiger partial charge is 0.343 e. The van der Waals surface area contributed by atoms with Gasteiger partial charge in [0, 0.05) is 10.0 Å². The van der Waals surface area contributed by atoms with Crippen LogP contribution >= 0.6 is 15.9 Å². The van der Waals surface area contributed by atoms with Gasteiger partial charge < -0.3 is 5.32 Å². The Kier molecular flexibility index (Phi) is 4.24. The van der Waals surface area contributed by atoms with Crippen LogP contribution in [0.25, 0.3) is 0 Å². The third-order valence-electron chi connectivity index (χ3n) is 2.26. The summed E-state index contributed by atoms with van der Waals surface area (Å²) in [5.74, 6) is -0.285. The van der Waals surface area contributed by atoms with E-state index in [1.807, 2.05) is 13.0 Å². The molecule has 86 valence electrons. The summed E-state index contributed by atoms with van der Waals surface area (Å²) in [7, 11) is 0. The molecule has 0 aliphatic carbocycles. The number of aryl methyl sites for hydroxylation is 1. The van der Waals surface area contributed by atoms with Crippen molar-refractivity contribution in [1.82, 2.24) is 5.32 Å². The average molecular weight is 284 g/mol. The van der Waals surface area contributed by atoms with Crippen LogP contribution in [-0.2, 0) is 4.79 Å². The Morgan fingerprint density at radius 1 is 1.31 bits per heavy atom. The first-order valence-electron chi connectivity index (χ1n) is 4.98. The van der Waals surface area contributed by atoms with E-state index in [0.717, 1.165) is 10.0 Å². The zero-order valence-corrected chi connectivity index (χ0v) is 11.1. The number of Topliss-reactive ketones (excluding diaryl/α,β-unsaturated/α-hetero) is 1. The summed E-state index contributed by atoms with van der Waals surface area (Å²) >= 11 is 3.33. The van der Waals surface area contributed by atoms with Crippen molar-refractivity contribution in [2.45, 2.75) is 26.8 Å². The summed E-state index contributed by atoms with van der Waals surface area (Å²) < 4.78 is 0.855. The van der Waals surface area contributed by atoms with E-state index in [2.05, 4.69) is 21.2 Å². The molecular weight excluding hydrogens is 270 g/mol. The van der Waals surface area contributed by atoms with Crippen molar-refractivity contribution in [2.24, 2.45) is 0 Å². The van der Waals surface area contributed by atoms with Gasteiger partial charge in [-0.15, -0.1) is 0 Å². The molecule has 1 amide bonds. The lowest BCUT2D eigenvalue weighted by Gasteiger charge is -2.11. The standard InChI is InChI=1S/C12H14BrNO2/c1-7-4-10(6-11(13)5-7)12(16)14-8(2)9(3)15/h4-6,8H,1-3H3,(H,14,16). The normalized spacial score (nSPS) is 12.0. The summed E-state index contributed by atoms with van der Waals surface area (Å²) in [5, 5.41) is 2.64. The van der Waals surface area contributed by atoms with Crippen LogP contribution in [0, 0.1) is 6.92 Å². The van der Waals surface area contributed by atoms with Crippen molar-refractivity contribution in [3.8, 4) is 0 Å². The molecule has 16 heavy (non-hydrogen) atoms. The number of carbonyl (C=O) groups is 2. The predicted molar refractivity (Wildman–Crippen MR) is 66.5 cm³/mol. The van der Waals surface area contributed by atoms with Gasteiger partial charge in [0.25, 0.3) is 5.91 Å². The van der Waals surface area contributed by atoms with E-state index in [1.165, 1.54) is 6.92 Å². The highest BCUT2D eigenvalue weighted by Gasteiger charge is 2.13. The fraction of sp³-hybridized carbons (Fsp3) is 0.333. The van der Waals surface area contributed by atoms with Gasteiger partial charge in [0.2, 0.25) is 0 Å². The number of ketones is 1. The van der Waals surface area contributed by atoms with Crippen LogP contribution in [0.15, 0.2) is 22.7 Å². The Morgan fingerprint density at radius 3 is 2.44 bits per heavy atom. The Balaban J connectivity index is 2.84. The molecule has 0 heterocycles. The molecule has 1 rings (SSSR count). The van der Waals surface area contributed by atoms with Crippen molar-refractivity contribution in [2.75, 3.05) is 0 Å². The minimum Gasteiger partial charge on any atom is -0.343 e. The van der Waals surface area contributed by atoms with Gasteiger partial charge in [-0.05, 0) is 44.5 Å². The maximum absolute atomic E-state index is 11.8. The molecule has 0 radical (unpaired) electrons. The van der Waals surface area contributed by atoms with Crippen LogP contribution in [0.3, 0.4) is 0 Å². The molecule has 0 spiro atoms. The highest BCUT2D eigenvalue weighted by Crippen LogP contribution is 2.15. The van der Waals surface area contributed by atoms with E-state index in [9.17, 15) is 9.59 Å². The molecule has 0 fully saturated rings. The average Bonchev–Trinajstić information content (AvgIpc) is 2.15. The van der Waals surface area contributed by atoms with E-state index in [-0.39, 0.29) is 11.7 Å². The second-order valence-electron chi connectivity index (χ2n) is 3.82. The number of carbonyl (C=O) groups excluding carboxylic acids is 2. The first kappa shape index (κ1) is 12.9. The van der Waals surface area contributed by atoms with E-state index in [1.54, 1.807) is 19.1 Å². The van der Waals surface area contributed by atoms with Crippen molar-refractivity contribution in [3.05, 3.63) is 33.8 Å². The minimum atomic E-state index is -0.452. The SMILES string of the molecule is CC(=O)C(C)NC(=O)c1cc(C)cc(Br)c1. The summed E-state index contributed by atoms with van der Waals surface area (Å²) in [6.07, 6.45) is 0. The van der Waals surface area contributed by atoms with Crippen molar-refractivity contribution in [1.29, 1.82) is 0 Å². The van der Waals surface area contributed by atoms with Crippen molar-refractivity contribution in [3.63, 3.8) is 0 Å². The van der Waals surface area contributed by atoms with Crippen LogP contribution in [0.5, 0.6) is 0 Å². The lowest BCUT2D eigenvalue weighted by Crippen LogP contribution is -2.37. The molecule has 1 aromatic carbocycles. The maximum atomic E-state index is 11.8. The topological polar surface area (TPSA) is 46.2 Å². The predicted octanol–water partition coefficient (Wildman–Crippen LogP) is 2.46. The molecular formula is C12H14BrNO2. The van der Waals surface area contributed by atoms with Crippen molar-refractivity contribution < 1.29 is 9.59 Å². The zero-order valence-electron chi connectivity index (χ0n) is 9.50. The number of rotatable bonds is 3. The Hall–Kier alpha value is -1.16. The fourth-order valence-corrected chi connectivity index (χ4v) is 1.86. The lowest BCUT2D eigenvalue weighted by atomic mass is 10.1. The molecule has 1 unspecified atom stereocenters. The van der Waals surface area contributed by atoms with Gasteiger partial charge in [0.05, 0.1) is 6.04 Å². The first-order chi connectivity index (χ1) is 7.40. The third-order valence-corrected chi connectivity index (χ3v) is 2.72. The van der Waals surface area contributed by atoms with Crippen LogP contribution in [-0.4, -0.2) is 17.7 Å². The Morgan fingerprint density at radius 2 is 1.94 bits per heavy atom. The zero-order chi connectivity index (χ0) is 12.3. The lowest BCUT2D eigenvalue weighted by molar-refractivity contribution is -0.118. The Bertz CT molecular complexity index is 409. The molecule has 4 heteroatoms. The molecule has 1 aromatic rings. The second kappa shape index (κ2) is 5.25. The quantitative estimate of drug-likeness (QED) is 0.926. The van der Waals surface area contributed by atoms with Gasteiger partial charge in [-0.2, -0.15) is 0 Å². The molecule has 0 saturated carbocycles. The highest BCUT2D eigenvalue weighted by atomic mass is 79.9. The Labute approximate surface area is 103 Å². The molecule has 0 aliphatic heterocycles. The fourth-order valence-electron chi connectivity index (χ4n) is 1.25. The first-order valence-corrected chi connectivity index (χ1v) is 5.78. The third kappa shape index (κ3) is 3.45. The van der Waals surface area contributed by atoms with Crippen LogP contribution in [0.2, 0.25) is 0 Å². The maximum Gasteiger partial charge on any atom is 0.251 e. The van der Waals surface area contributed by atoms with E-state index in [0.29, 0.717) is 5.56 Å². The molecule has 1 N–H and O–H groups in total. The van der Waals surface area contributed by atoms with Crippen molar-refractivity contribution >= 4 is 27.6 Å². The summed E-state index contributed by atoms with van der Waals surface area (Å²) in [4.78, 5) is 22.8. The molecule has 3 nitrogen and oxygen atoms in total. The smallest absolute Gasteiger partial charge is 0.251 e. The van der Waals surface area contributed by atoms with E-state index in [4.69, 9.17) is 0 Å². The van der Waals surface area contributed by atoms with E-state index < -0.39 is 6.04 Å². The van der Waals surface area contributed by atoms with Gasteiger partial charge in [0.1, 0.15) is 0 Å². The van der Waals surface area contributed by atoms with E-state index >= 15 is 0 Å². The molecule has 0 bridgehead atoms. The number of halogens is 1. The van der Waals surface area contributed by atoms with Gasteiger partial charge in [-0.3, -0.25) is 9.59 Å². The molecule has 0 aliphatic rings. The molecule has 0 aromatic heterocycles. The summed E-state index contributed by atoms with van der Waals surface area (Å²) in [5.41, 5.74) is 1.55. The number of hydrogen-bond donors (Lipinski definition) is 1. The molecule has 0 saturated heterocycles. The van der Waals surface area contributed by atoms with Crippen LogP contribution in [0.4, 0.5) is 0 Å². The minimum absolute atomic E-state index is 0.0555. The number of amides is 1. The number of benzene rings is 1. The number of nitrogens with one attached hydrogen (secondary N) is 1. The molecule has 1 atom stereocenters. The van der Waals surface area contributed by atoms with Gasteiger partial charge >= 0.3 is 0 Å². The van der Waals surface area contributed by atoms with Gasteiger partial charge in [-0.25, -0.2) is 0 Å². The summed E-state index contributed by atoms with van der Waals surface area (Å²) in [6, 6.07) is 4.99.